The summed E-state index contributed by atoms with van der Waals surface area (Å²) in [7, 11) is 0. The smallest absolute Gasteiger partial charge is 0.0867 e. The molecule has 0 radical (unpaired) electrons. The third kappa shape index (κ3) is 2.19. The van der Waals surface area contributed by atoms with Gasteiger partial charge in [-0.15, -0.1) is 11.6 Å². The molecule has 0 saturated carbocycles. The highest BCUT2D eigenvalue weighted by Gasteiger charge is 2.31. The Morgan fingerprint density at radius 3 is 2.80 bits per heavy atom. The molecule has 0 unspecified atom stereocenters. The first-order valence-corrected chi connectivity index (χ1v) is 5.95. The topological polar surface area (TPSA) is 9.23 Å². The molecule has 0 spiro atoms. The number of ether oxygens (including phenoxy) is 1. The molecular formula is C13H17ClO. The van der Waals surface area contributed by atoms with E-state index in [2.05, 4.69) is 38.1 Å². The molecule has 1 aromatic rings. The zero-order valence-corrected chi connectivity index (χ0v) is 10.00. The monoisotopic (exact) mass is 224 g/mol. The van der Waals surface area contributed by atoms with Crippen LogP contribution < -0.4 is 0 Å². The Morgan fingerprint density at radius 1 is 1.33 bits per heavy atom. The number of halogens is 1. The summed E-state index contributed by atoms with van der Waals surface area (Å²) in [6, 6.07) is 8.40. The average Bonchev–Trinajstić information content (AvgIpc) is 2.23. The highest BCUT2D eigenvalue weighted by atomic mass is 35.5. The van der Waals surface area contributed by atoms with Crippen LogP contribution in [0.2, 0.25) is 0 Å². The molecule has 0 aliphatic carbocycles. The predicted octanol–water partition coefficient (Wildman–Crippen LogP) is 3.70. The molecule has 2 rings (SSSR count). The Bertz CT molecular complexity index is 337. The van der Waals surface area contributed by atoms with Crippen molar-refractivity contribution in [3.8, 4) is 0 Å². The van der Waals surface area contributed by atoms with E-state index in [4.69, 9.17) is 16.3 Å². The number of aryl methyl sites for hydroxylation is 1. The molecule has 2 heteroatoms. The van der Waals surface area contributed by atoms with Gasteiger partial charge in [-0.25, -0.2) is 0 Å². The van der Waals surface area contributed by atoms with E-state index < -0.39 is 0 Å². The van der Waals surface area contributed by atoms with Crippen molar-refractivity contribution in [1.82, 2.24) is 0 Å². The molecule has 0 N–H and O–H groups in total. The first-order chi connectivity index (χ1) is 7.20. The van der Waals surface area contributed by atoms with Crippen molar-refractivity contribution in [3.05, 3.63) is 35.4 Å². The van der Waals surface area contributed by atoms with Gasteiger partial charge in [0.1, 0.15) is 0 Å². The zero-order valence-electron chi connectivity index (χ0n) is 9.24. The third-order valence-corrected chi connectivity index (χ3v) is 3.85. The van der Waals surface area contributed by atoms with Crippen molar-refractivity contribution in [1.29, 1.82) is 0 Å². The van der Waals surface area contributed by atoms with E-state index in [1.165, 1.54) is 11.1 Å². The first-order valence-electron chi connectivity index (χ1n) is 5.51. The molecule has 3 atom stereocenters. The van der Waals surface area contributed by atoms with Crippen LogP contribution >= 0.6 is 11.6 Å². The second-order valence-corrected chi connectivity index (χ2v) is 4.87. The van der Waals surface area contributed by atoms with Crippen LogP contribution in [-0.2, 0) is 4.74 Å². The maximum atomic E-state index is 6.28. The molecule has 1 aliphatic heterocycles. The molecule has 1 aliphatic rings. The zero-order chi connectivity index (χ0) is 10.8. The third-order valence-electron chi connectivity index (χ3n) is 3.23. The summed E-state index contributed by atoms with van der Waals surface area (Å²) in [4.78, 5) is 0. The Kier molecular flexibility index (Phi) is 3.32. The summed E-state index contributed by atoms with van der Waals surface area (Å²) in [5.41, 5.74) is 2.58. The maximum absolute atomic E-state index is 6.28. The fourth-order valence-electron chi connectivity index (χ4n) is 2.19. The predicted molar refractivity (Wildman–Crippen MR) is 63.3 cm³/mol. The lowest BCUT2D eigenvalue weighted by Gasteiger charge is -2.34. The normalized spacial score (nSPS) is 31.5. The Hall–Kier alpha value is -0.530. The molecular weight excluding hydrogens is 208 g/mol. The molecule has 0 bridgehead atoms. The van der Waals surface area contributed by atoms with Crippen LogP contribution in [0.1, 0.15) is 30.6 Å². The summed E-state index contributed by atoms with van der Waals surface area (Å²) >= 11 is 6.28. The standard InChI is InChI=1S/C13H17ClO/c1-9-5-3-4-6-11(9)13-10(2)12(14)7-8-15-13/h3-6,10,12-13H,7-8H2,1-2H3/t10-,12-,13+/m0/s1. The van der Waals surface area contributed by atoms with Crippen LogP contribution in [0.15, 0.2) is 24.3 Å². The van der Waals surface area contributed by atoms with Crippen molar-refractivity contribution in [2.75, 3.05) is 6.61 Å². The van der Waals surface area contributed by atoms with Crippen LogP contribution in [0.3, 0.4) is 0 Å². The lowest BCUT2D eigenvalue weighted by molar-refractivity contribution is -0.0199. The molecule has 1 fully saturated rings. The summed E-state index contributed by atoms with van der Waals surface area (Å²) in [5.74, 6) is 0.390. The van der Waals surface area contributed by atoms with Crippen molar-refractivity contribution in [2.45, 2.75) is 31.7 Å². The number of alkyl halides is 1. The second kappa shape index (κ2) is 4.54. The Labute approximate surface area is 96.4 Å². The van der Waals surface area contributed by atoms with Gasteiger partial charge in [0, 0.05) is 17.9 Å². The Balaban J connectivity index is 2.26. The van der Waals surface area contributed by atoms with Crippen LogP contribution in [0.5, 0.6) is 0 Å². The van der Waals surface area contributed by atoms with Gasteiger partial charge in [0.2, 0.25) is 0 Å². The lowest BCUT2D eigenvalue weighted by Crippen LogP contribution is -2.29. The quantitative estimate of drug-likeness (QED) is 0.661. The second-order valence-electron chi connectivity index (χ2n) is 4.31. The van der Waals surface area contributed by atoms with Crippen molar-refractivity contribution in [2.24, 2.45) is 5.92 Å². The molecule has 1 heterocycles. The molecule has 82 valence electrons. The van der Waals surface area contributed by atoms with Crippen LogP contribution in [0.25, 0.3) is 0 Å². The minimum Gasteiger partial charge on any atom is -0.373 e. The highest BCUT2D eigenvalue weighted by molar-refractivity contribution is 6.20. The van der Waals surface area contributed by atoms with Crippen molar-refractivity contribution in [3.63, 3.8) is 0 Å². The van der Waals surface area contributed by atoms with Crippen LogP contribution in [0, 0.1) is 12.8 Å². The number of hydrogen-bond donors (Lipinski definition) is 0. The molecule has 0 aromatic heterocycles. The largest absolute Gasteiger partial charge is 0.373 e. The van der Waals surface area contributed by atoms with Gasteiger partial charge in [-0.05, 0) is 24.5 Å². The fourth-order valence-corrected chi connectivity index (χ4v) is 2.41. The number of rotatable bonds is 1. The SMILES string of the molecule is Cc1ccccc1[C@@H]1OCC[C@H](Cl)[C@@H]1C. The van der Waals surface area contributed by atoms with Crippen LogP contribution in [0.4, 0.5) is 0 Å². The molecule has 1 nitrogen and oxygen atoms in total. The number of benzene rings is 1. The fraction of sp³-hybridized carbons (Fsp3) is 0.538. The van der Waals surface area contributed by atoms with Gasteiger partial charge in [-0.3, -0.25) is 0 Å². The van der Waals surface area contributed by atoms with Gasteiger partial charge in [-0.1, -0.05) is 31.2 Å². The van der Waals surface area contributed by atoms with E-state index in [0.29, 0.717) is 5.92 Å². The van der Waals surface area contributed by atoms with E-state index >= 15 is 0 Å². The molecule has 15 heavy (non-hydrogen) atoms. The summed E-state index contributed by atoms with van der Waals surface area (Å²) in [5, 5.41) is 0.239. The lowest BCUT2D eigenvalue weighted by atomic mass is 9.89. The van der Waals surface area contributed by atoms with Gasteiger partial charge in [0.05, 0.1) is 6.10 Å². The Morgan fingerprint density at radius 2 is 2.07 bits per heavy atom. The molecule has 1 aromatic carbocycles. The summed E-state index contributed by atoms with van der Waals surface area (Å²) < 4.78 is 5.84. The maximum Gasteiger partial charge on any atom is 0.0867 e. The minimum absolute atomic E-state index is 0.169. The molecule has 1 saturated heterocycles. The first kappa shape index (κ1) is 11.0. The van der Waals surface area contributed by atoms with Gasteiger partial charge in [-0.2, -0.15) is 0 Å². The van der Waals surface area contributed by atoms with Gasteiger partial charge >= 0.3 is 0 Å². The number of hydrogen-bond acceptors (Lipinski definition) is 1. The van der Waals surface area contributed by atoms with Crippen LogP contribution in [-0.4, -0.2) is 12.0 Å². The van der Waals surface area contributed by atoms with Crippen molar-refractivity contribution >= 4 is 11.6 Å². The highest BCUT2D eigenvalue weighted by Crippen LogP contribution is 2.37. The molecule has 0 amide bonds. The minimum atomic E-state index is 0.169. The van der Waals surface area contributed by atoms with Gasteiger partial charge in [0.15, 0.2) is 0 Å². The van der Waals surface area contributed by atoms with E-state index in [1.807, 2.05) is 0 Å². The van der Waals surface area contributed by atoms with Gasteiger partial charge < -0.3 is 4.74 Å². The summed E-state index contributed by atoms with van der Waals surface area (Å²) in [6.07, 6.45) is 1.13. The van der Waals surface area contributed by atoms with E-state index in [1.54, 1.807) is 0 Å². The van der Waals surface area contributed by atoms with E-state index in [9.17, 15) is 0 Å². The van der Waals surface area contributed by atoms with E-state index in [0.717, 1.165) is 13.0 Å². The average molecular weight is 225 g/mol. The summed E-state index contributed by atoms with van der Waals surface area (Å²) in [6.45, 7) is 5.08. The van der Waals surface area contributed by atoms with Gasteiger partial charge in [0.25, 0.3) is 0 Å². The van der Waals surface area contributed by atoms with E-state index in [-0.39, 0.29) is 11.5 Å². The van der Waals surface area contributed by atoms with Crippen molar-refractivity contribution < 1.29 is 4.74 Å².